The molecule has 0 aromatic rings. The second-order valence-corrected chi connectivity index (χ2v) is 8.43. The first-order valence-electron chi connectivity index (χ1n) is 6.09. The van der Waals surface area contributed by atoms with E-state index in [-0.39, 0.29) is 0 Å². The quantitative estimate of drug-likeness (QED) is 0.671. The first kappa shape index (κ1) is 12.8. The molecule has 86 valence electrons. The Morgan fingerprint density at radius 1 is 1.27 bits per heavy atom. The van der Waals surface area contributed by atoms with Crippen LogP contribution >= 0.6 is 7.14 Å². The van der Waals surface area contributed by atoms with Crippen molar-refractivity contribution in [2.45, 2.75) is 39.5 Å². The molecule has 0 radical (unpaired) electrons. The van der Waals surface area contributed by atoms with E-state index in [2.05, 4.69) is 6.07 Å². The van der Waals surface area contributed by atoms with Crippen LogP contribution in [0.1, 0.15) is 39.5 Å². The maximum atomic E-state index is 12.4. The minimum absolute atomic E-state index is 0.529. The molecule has 3 heteroatoms. The number of rotatable bonds is 5. The first-order chi connectivity index (χ1) is 7.15. The van der Waals surface area contributed by atoms with Crippen molar-refractivity contribution in [3.8, 4) is 6.07 Å². The van der Waals surface area contributed by atoms with Gasteiger partial charge in [0, 0.05) is 12.6 Å². The van der Waals surface area contributed by atoms with Crippen LogP contribution in [0.4, 0.5) is 0 Å². The standard InChI is InChI=1S/C12H22NOP/c1-3-15(14,4-2)10-12-7-5-6-11(12)8-9-13/h11-12H,3-8,10H2,1-2H3. The van der Waals surface area contributed by atoms with Crippen molar-refractivity contribution in [3.05, 3.63) is 0 Å². The third-order valence-electron chi connectivity index (χ3n) is 3.89. The highest BCUT2D eigenvalue weighted by Gasteiger charge is 2.32. The molecule has 0 aromatic heterocycles. The Balaban J connectivity index is 2.57. The van der Waals surface area contributed by atoms with Gasteiger partial charge in [0.1, 0.15) is 0 Å². The maximum Gasteiger partial charge on any atom is 0.0875 e. The number of nitriles is 1. The van der Waals surface area contributed by atoms with Crippen LogP contribution in [0, 0.1) is 23.2 Å². The number of hydrogen-bond acceptors (Lipinski definition) is 2. The van der Waals surface area contributed by atoms with Crippen molar-refractivity contribution < 1.29 is 4.57 Å². The predicted molar refractivity (Wildman–Crippen MR) is 64.6 cm³/mol. The number of nitrogens with zero attached hydrogens (tertiary/aromatic N) is 1. The van der Waals surface area contributed by atoms with Gasteiger partial charge in [-0.15, -0.1) is 0 Å². The molecule has 2 unspecified atom stereocenters. The molecule has 15 heavy (non-hydrogen) atoms. The van der Waals surface area contributed by atoms with Crippen LogP contribution < -0.4 is 0 Å². The molecule has 0 saturated heterocycles. The molecule has 0 spiro atoms. The third kappa shape index (κ3) is 3.35. The van der Waals surface area contributed by atoms with Crippen molar-refractivity contribution in [3.63, 3.8) is 0 Å². The molecule has 0 aliphatic heterocycles. The minimum atomic E-state index is -1.90. The van der Waals surface area contributed by atoms with Crippen molar-refractivity contribution in [2.24, 2.45) is 11.8 Å². The molecule has 1 rings (SSSR count). The van der Waals surface area contributed by atoms with Gasteiger partial charge in [-0.25, -0.2) is 0 Å². The first-order valence-corrected chi connectivity index (χ1v) is 8.35. The largest absolute Gasteiger partial charge is 0.324 e. The van der Waals surface area contributed by atoms with Crippen molar-refractivity contribution in [1.29, 1.82) is 5.26 Å². The Bertz CT molecular complexity index is 274. The molecule has 1 fully saturated rings. The highest BCUT2D eigenvalue weighted by Crippen LogP contribution is 2.50. The molecular weight excluding hydrogens is 205 g/mol. The zero-order valence-electron chi connectivity index (χ0n) is 9.91. The second kappa shape index (κ2) is 5.71. The lowest BCUT2D eigenvalue weighted by atomic mass is 9.95. The van der Waals surface area contributed by atoms with E-state index in [9.17, 15) is 4.57 Å². The monoisotopic (exact) mass is 227 g/mol. The van der Waals surface area contributed by atoms with Gasteiger partial charge in [-0.2, -0.15) is 5.26 Å². The summed E-state index contributed by atoms with van der Waals surface area (Å²) in [6, 6.07) is 2.27. The Morgan fingerprint density at radius 3 is 2.40 bits per heavy atom. The summed E-state index contributed by atoms with van der Waals surface area (Å²) in [5.74, 6) is 1.09. The lowest BCUT2D eigenvalue weighted by Gasteiger charge is -2.22. The summed E-state index contributed by atoms with van der Waals surface area (Å²) < 4.78 is 12.4. The summed E-state index contributed by atoms with van der Waals surface area (Å²) >= 11 is 0. The van der Waals surface area contributed by atoms with Crippen LogP contribution in [0.15, 0.2) is 0 Å². The molecule has 1 saturated carbocycles. The van der Waals surface area contributed by atoms with Gasteiger partial charge in [0.2, 0.25) is 0 Å². The average Bonchev–Trinajstić information content (AvgIpc) is 2.66. The lowest BCUT2D eigenvalue weighted by molar-refractivity contribution is 0.425. The minimum Gasteiger partial charge on any atom is -0.324 e. The van der Waals surface area contributed by atoms with Crippen LogP contribution in [0.5, 0.6) is 0 Å². The van der Waals surface area contributed by atoms with E-state index in [0.717, 1.165) is 18.5 Å². The van der Waals surface area contributed by atoms with Crippen LogP contribution in [0.3, 0.4) is 0 Å². The molecule has 1 aliphatic carbocycles. The Hall–Kier alpha value is -0.280. The molecule has 0 bridgehead atoms. The van der Waals surface area contributed by atoms with E-state index >= 15 is 0 Å². The molecular formula is C12H22NOP. The summed E-state index contributed by atoms with van der Waals surface area (Å²) in [5, 5.41) is 8.74. The zero-order valence-corrected chi connectivity index (χ0v) is 10.8. The van der Waals surface area contributed by atoms with Gasteiger partial charge >= 0.3 is 0 Å². The highest BCUT2D eigenvalue weighted by atomic mass is 31.2. The van der Waals surface area contributed by atoms with Crippen molar-refractivity contribution in [2.75, 3.05) is 18.5 Å². The fourth-order valence-electron chi connectivity index (χ4n) is 2.65. The molecule has 0 heterocycles. The normalized spacial score (nSPS) is 26.5. The Labute approximate surface area is 93.4 Å². The van der Waals surface area contributed by atoms with Crippen molar-refractivity contribution >= 4 is 7.14 Å². The van der Waals surface area contributed by atoms with E-state index in [0.29, 0.717) is 18.3 Å². The van der Waals surface area contributed by atoms with Crippen LogP contribution in [-0.2, 0) is 4.57 Å². The van der Waals surface area contributed by atoms with Gasteiger partial charge < -0.3 is 4.57 Å². The van der Waals surface area contributed by atoms with E-state index < -0.39 is 7.14 Å². The Kier molecular flexibility index (Phi) is 4.87. The zero-order chi connectivity index (χ0) is 11.3. The summed E-state index contributed by atoms with van der Waals surface area (Å²) in [6.07, 6.45) is 6.81. The van der Waals surface area contributed by atoms with Crippen LogP contribution in [0.25, 0.3) is 0 Å². The van der Waals surface area contributed by atoms with Gasteiger partial charge in [-0.1, -0.05) is 20.3 Å². The van der Waals surface area contributed by atoms with Gasteiger partial charge in [-0.3, -0.25) is 0 Å². The summed E-state index contributed by atoms with van der Waals surface area (Å²) in [6.45, 7) is 4.08. The topological polar surface area (TPSA) is 40.9 Å². The van der Waals surface area contributed by atoms with Crippen LogP contribution in [0.2, 0.25) is 0 Å². The number of hydrogen-bond donors (Lipinski definition) is 0. The lowest BCUT2D eigenvalue weighted by Crippen LogP contribution is -2.14. The Morgan fingerprint density at radius 2 is 1.87 bits per heavy atom. The molecule has 2 atom stereocenters. The SMILES string of the molecule is CCP(=O)(CC)CC1CCCC1CC#N. The van der Waals surface area contributed by atoms with E-state index in [4.69, 9.17) is 5.26 Å². The van der Waals surface area contributed by atoms with Gasteiger partial charge in [-0.05, 0) is 37.0 Å². The molecule has 2 nitrogen and oxygen atoms in total. The maximum absolute atomic E-state index is 12.4. The van der Waals surface area contributed by atoms with E-state index in [1.165, 1.54) is 19.3 Å². The molecule has 1 aliphatic rings. The van der Waals surface area contributed by atoms with Crippen molar-refractivity contribution in [1.82, 2.24) is 0 Å². The fourth-order valence-corrected chi connectivity index (χ4v) is 4.95. The van der Waals surface area contributed by atoms with E-state index in [1.54, 1.807) is 0 Å². The molecule has 0 aromatic carbocycles. The molecule has 0 amide bonds. The van der Waals surface area contributed by atoms with Gasteiger partial charge in [0.25, 0.3) is 0 Å². The fraction of sp³-hybridized carbons (Fsp3) is 0.917. The van der Waals surface area contributed by atoms with Gasteiger partial charge in [0.15, 0.2) is 0 Å². The molecule has 0 N–H and O–H groups in total. The summed E-state index contributed by atoms with van der Waals surface area (Å²) in [5.41, 5.74) is 0. The third-order valence-corrected chi connectivity index (χ3v) is 7.33. The predicted octanol–water partition coefficient (Wildman–Crippen LogP) is 3.72. The highest BCUT2D eigenvalue weighted by molar-refractivity contribution is 7.63. The smallest absolute Gasteiger partial charge is 0.0875 e. The van der Waals surface area contributed by atoms with Gasteiger partial charge in [0.05, 0.1) is 13.2 Å². The summed E-state index contributed by atoms with van der Waals surface area (Å²) in [4.78, 5) is 0. The second-order valence-electron chi connectivity index (χ2n) is 4.69. The van der Waals surface area contributed by atoms with E-state index in [1.807, 2.05) is 13.8 Å². The average molecular weight is 227 g/mol. The van der Waals surface area contributed by atoms with Crippen LogP contribution in [-0.4, -0.2) is 18.5 Å². The summed E-state index contributed by atoms with van der Waals surface area (Å²) in [7, 11) is -1.90.